The van der Waals surface area contributed by atoms with Gasteiger partial charge in [-0.1, -0.05) is 19.1 Å². The molecule has 0 unspecified atom stereocenters. The molecule has 0 spiro atoms. The predicted molar refractivity (Wildman–Crippen MR) is 85.9 cm³/mol. The van der Waals surface area contributed by atoms with Gasteiger partial charge in [0, 0.05) is 18.1 Å². The normalized spacial score (nSPS) is 26.1. The minimum Gasteiger partial charge on any atom is -0.369 e. The first-order chi connectivity index (χ1) is 10.2. The second kappa shape index (κ2) is 6.12. The number of fused-ring (bicyclic) bond motifs is 1. The molecule has 21 heavy (non-hydrogen) atoms. The van der Waals surface area contributed by atoms with Crippen molar-refractivity contribution < 1.29 is 4.74 Å². The molecule has 1 aromatic carbocycles. The van der Waals surface area contributed by atoms with Crippen molar-refractivity contribution in [2.75, 3.05) is 6.54 Å². The molecule has 112 valence electrons. The number of hydrogen-bond acceptors (Lipinski definition) is 3. The number of pyridine rings is 1. The van der Waals surface area contributed by atoms with Crippen LogP contribution in [0, 0.1) is 5.92 Å². The Balaban J connectivity index is 1.70. The van der Waals surface area contributed by atoms with E-state index in [-0.39, 0.29) is 5.60 Å². The van der Waals surface area contributed by atoms with Gasteiger partial charge in [-0.25, -0.2) is 0 Å². The highest BCUT2D eigenvalue weighted by Gasteiger charge is 2.33. The van der Waals surface area contributed by atoms with E-state index in [0.717, 1.165) is 29.7 Å². The average molecular weight is 284 g/mol. The van der Waals surface area contributed by atoms with Crippen LogP contribution in [0.3, 0.4) is 0 Å². The molecule has 3 heteroatoms. The maximum absolute atomic E-state index is 6.26. The van der Waals surface area contributed by atoms with Crippen molar-refractivity contribution in [3.8, 4) is 0 Å². The molecular formula is C18H24N2O. The molecule has 0 radical (unpaired) electrons. The predicted octanol–water partition coefficient (Wildman–Crippen LogP) is 3.66. The molecule has 1 heterocycles. The molecule has 2 aromatic rings. The van der Waals surface area contributed by atoms with Gasteiger partial charge in [0.05, 0.1) is 17.7 Å². The summed E-state index contributed by atoms with van der Waals surface area (Å²) in [7, 11) is 0. The minimum absolute atomic E-state index is 0.115. The van der Waals surface area contributed by atoms with Crippen LogP contribution in [0.5, 0.6) is 0 Å². The smallest absolute Gasteiger partial charge is 0.0808 e. The molecule has 0 bridgehead atoms. The maximum Gasteiger partial charge on any atom is 0.0808 e. The average Bonchev–Trinajstić information content (AvgIpc) is 2.55. The van der Waals surface area contributed by atoms with Crippen LogP contribution in [-0.2, 0) is 11.3 Å². The molecule has 1 aromatic heterocycles. The minimum atomic E-state index is -0.115. The van der Waals surface area contributed by atoms with Gasteiger partial charge in [0.25, 0.3) is 0 Å². The highest BCUT2D eigenvalue weighted by Crippen LogP contribution is 2.34. The SMILES string of the molecule is CC1CCC(CN)(OCc2ccc3ncccc3c2)CC1. The third kappa shape index (κ3) is 3.25. The van der Waals surface area contributed by atoms with Crippen molar-refractivity contribution >= 4 is 10.9 Å². The van der Waals surface area contributed by atoms with E-state index in [1.165, 1.54) is 18.4 Å². The highest BCUT2D eigenvalue weighted by atomic mass is 16.5. The Morgan fingerprint density at radius 3 is 2.86 bits per heavy atom. The van der Waals surface area contributed by atoms with E-state index in [4.69, 9.17) is 10.5 Å². The Kier molecular flexibility index (Phi) is 4.22. The van der Waals surface area contributed by atoms with Gasteiger partial charge in [0.1, 0.15) is 0 Å². The van der Waals surface area contributed by atoms with Crippen LogP contribution in [0.1, 0.15) is 38.2 Å². The summed E-state index contributed by atoms with van der Waals surface area (Å²) in [6, 6.07) is 10.4. The fourth-order valence-corrected chi connectivity index (χ4v) is 3.15. The summed E-state index contributed by atoms with van der Waals surface area (Å²) in [5.41, 5.74) is 8.11. The maximum atomic E-state index is 6.26. The van der Waals surface area contributed by atoms with Crippen LogP contribution in [0.4, 0.5) is 0 Å². The quantitative estimate of drug-likeness (QED) is 0.932. The molecule has 3 nitrogen and oxygen atoms in total. The number of rotatable bonds is 4. The lowest BCUT2D eigenvalue weighted by Crippen LogP contribution is -2.43. The first-order valence-electron chi connectivity index (χ1n) is 7.88. The van der Waals surface area contributed by atoms with E-state index in [2.05, 4.69) is 36.2 Å². The Morgan fingerprint density at radius 1 is 1.29 bits per heavy atom. The molecule has 0 atom stereocenters. The summed E-state index contributed by atoms with van der Waals surface area (Å²) in [4.78, 5) is 4.35. The van der Waals surface area contributed by atoms with Crippen molar-refractivity contribution in [3.63, 3.8) is 0 Å². The van der Waals surface area contributed by atoms with E-state index in [0.29, 0.717) is 13.2 Å². The summed E-state index contributed by atoms with van der Waals surface area (Å²) in [5, 5.41) is 1.16. The number of benzene rings is 1. The van der Waals surface area contributed by atoms with Crippen molar-refractivity contribution in [2.45, 2.75) is 44.8 Å². The second-order valence-electron chi connectivity index (χ2n) is 6.39. The van der Waals surface area contributed by atoms with Crippen LogP contribution < -0.4 is 5.73 Å². The third-order valence-corrected chi connectivity index (χ3v) is 4.77. The highest BCUT2D eigenvalue weighted by molar-refractivity contribution is 5.78. The van der Waals surface area contributed by atoms with Crippen LogP contribution in [0.2, 0.25) is 0 Å². The zero-order chi connectivity index (χ0) is 14.7. The van der Waals surface area contributed by atoms with E-state index >= 15 is 0 Å². The van der Waals surface area contributed by atoms with E-state index < -0.39 is 0 Å². The number of hydrogen-bond donors (Lipinski definition) is 1. The standard InChI is InChI=1S/C18H24N2O/c1-14-6-8-18(13-19,9-7-14)21-12-15-4-5-17-16(11-15)3-2-10-20-17/h2-5,10-11,14H,6-9,12-13,19H2,1H3. The Bertz CT molecular complexity index is 603. The van der Waals surface area contributed by atoms with Crippen molar-refractivity contribution in [1.29, 1.82) is 0 Å². The van der Waals surface area contributed by atoms with Gasteiger partial charge >= 0.3 is 0 Å². The van der Waals surface area contributed by atoms with Gasteiger partial charge in [0.15, 0.2) is 0 Å². The van der Waals surface area contributed by atoms with Gasteiger partial charge < -0.3 is 10.5 Å². The third-order valence-electron chi connectivity index (χ3n) is 4.77. The van der Waals surface area contributed by atoms with E-state index in [1.54, 1.807) is 0 Å². The summed E-state index contributed by atoms with van der Waals surface area (Å²) < 4.78 is 6.26. The lowest BCUT2D eigenvalue weighted by Gasteiger charge is -2.38. The summed E-state index contributed by atoms with van der Waals surface area (Å²) >= 11 is 0. The van der Waals surface area contributed by atoms with Crippen molar-refractivity contribution in [3.05, 3.63) is 42.1 Å². The zero-order valence-electron chi connectivity index (χ0n) is 12.7. The molecule has 0 aliphatic heterocycles. The molecular weight excluding hydrogens is 260 g/mol. The fraction of sp³-hybridized carbons (Fsp3) is 0.500. The number of nitrogens with zero attached hydrogens (tertiary/aromatic N) is 1. The Morgan fingerprint density at radius 2 is 2.10 bits per heavy atom. The van der Waals surface area contributed by atoms with Crippen LogP contribution in [0.15, 0.2) is 36.5 Å². The molecule has 3 rings (SSSR count). The first-order valence-corrected chi connectivity index (χ1v) is 7.88. The van der Waals surface area contributed by atoms with Crippen LogP contribution in [0.25, 0.3) is 10.9 Å². The molecule has 2 N–H and O–H groups in total. The first kappa shape index (κ1) is 14.5. The Hall–Kier alpha value is -1.45. The molecule has 0 amide bonds. The summed E-state index contributed by atoms with van der Waals surface area (Å²) in [6.45, 7) is 3.57. The topological polar surface area (TPSA) is 48.1 Å². The van der Waals surface area contributed by atoms with E-state index in [1.807, 2.05) is 12.3 Å². The van der Waals surface area contributed by atoms with Gasteiger partial charge in [-0.2, -0.15) is 0 Å². The Labute approximate surface area is 126 Å². The molecule has 1 aliphatic rings. The molecule has 1 aliphatic carbocycles. The van der Waals surface area contributed by atoms with Crippen LogP contribution >= 0.6 is 0 Å². The van der Waals surface area contributed by atoms with Crippen LogP contribution in [-0.4, -0.2) is 17.1 Å². The second-order valence-corrected chi connectivity index (χ2v) is 6.39. The van der Waals surface area contributed by atoms with Gasteiger partial charge in [-0.05, 0) is 55.4 Å². The van der Waals surface area contributed by atoms with Crippen molar-refractivity contribution in [1.82, 2.24) is 4.98 Å². The van der Waals surface area contributed by atoms with Gasteiger partial charge in [0.2, 0.25) is 0 Å². The monoisotopic (exact) mass is 284 g/mol. The fourth-order valence-electron chi connectivity index (χ4n) is 3.15. The van der Waals surface area contributed by atoms with Gasteiger partial charge in [-0.3, -0.25) is 4.98 Å². The summed E-state index contributed by atoms with van der Waals surface area (Å²) in [6.07, 6.45) is 6.43. The van der Waals surface area contributed by atoms with E-state index in [9.17, 15) is 0 Å². The largest absolute Gasteiger partial charge is 0.369 e. The molecule has 1 saturated carbocycles. The lowest BCUT2D eigenvalue weighted by molar-refractivity contribution is -0.0799. The van der Waals surface area contributed by atoms with Crippen molar-refractivity contribution in [2.24, 2.45) is 11.7 Å². The molecule has 0 saturated heterocycles. The zero-order valence-corrected chi connectivity index (χ0v) is 12.7. The lowest BCUT2D eigenvalue weighted by atomic mass is 9.79. The summed E-state index contributed by atoms with van der Waals surface area (Å²) in [5.74, 6) is 0.806. The number of aromatic nitrogens is 1. The van der Waals surface area contributed by atoms with Gasteiger partial charge in [-0.15, -0.1) is 0 Å². The number of ether oxygens (including phenoxy) is 1. The molecule has 1 fully saturated rings. The number of nitrogens with two attached hydrogens (primary N) is 1.